The number of hydrogen-bond acceptors (Lipinski definition) is 3. The van der Waals surface area contributed by atoms with E-state index >= 15 is 0 Å². The number of hydrogen-bond donors (Lipinski definition) is 1. The summed E-state index contributed by atoms with van der Waals surface area (Å²) >= 11 is 0. The van der Waals surface area contributed by atoms with Crippen molar-refractivity contribution in [3.05, 3.63) is 35.1 Å². The highest BCUT2D eigenvalue weighted by Crippen LogP contribution is 2.16. The lowest BCUT2D eigenvalue weighted by Crippen LogP contribution is -2.49. The molecule has 26 heavy (non-hydrogen) atoms. The minimum absolute atomic E-state index is 0.0487. The van der Waals surface area contributed by atoms with Crippen molar-refractivity contribution in [1.29, 1.82) is 0 Å². The highest BCUT2D eigenvalue weighted by molar-refractivity contribution is 5.75. The lowest BCUT2D eigenvalue weighted by molar-refractivity contribution is -0.130. The number of benzene rings is 1. The Kier molecular flexibility index (Phi) is 6.97. The number of amides is 3. The summed E-state index contributed by atoms with van der Waals surface area (Å²) in [5.74, 6) is -0.203. The van der Waals surface area contributed by atoms with Crippen LogP contribution in [0.2, 0.25) is 0 Å². The SMILES string of the molecule is CC(=O)N(C)C1CCN(C(=O)NCc2ccc(CN(C)C)c(F)c2)CC1. The minimum Gasteiger partial charge on any atom is -0.343 e. The molecule has 0 unspecified atom stereocenters. The molecule has 2 rings (SSSR count). The first-order valence-electron chi connectivity index (χ1n) is 8.96. The Morgan fingerprint density at radius 2 is 1.88 bits per heavy atom. The fourth-order valence-corrected chi connectivity index (χ4v) is 3.17. The summed E-state index contributed by atoms with van der Waals surface area (Å²) < 4.78 is 14.1. The molecule has 1 fully saturated rings. The number of carbonyl (C=O) groups is 2. The lowest BCUT2D eigenvalue weighted by Gasteiger charge is -2.36. The minimum atomic E-state index is -0.251. The van der Waals surface area contributed by atoms with Crippen LogP contribution < -0.4 is 5.32 Å². The van der Waals surface area contributed by atoms with E-state index in [1.54, 1.807) is 29.8 Å². The second-order valence-electron chi connectivity index (χ2n) is 7.17. The van der Waals surface area contributed by atoms with Crippen molar-refractivity contribution in [2.45, 2.75) is 38.9 Å². The Morgan fingerprint density at radius 1 is 1.23 bits per heavy atom. The Bertz CT molecular complexity index is 642. The number of urea groups is 1. The summed E-state index contributed by atoms with van der Waals surface area (Å²) in [5, 5.41) is 2.85. The van der Waals surface area contributed by atoms with Crippen molar-refractivity contribution >= 4 is 11.9 Å². The van der Waals surface area contributed by atoms with E-state index in [9.17, 15) is 14.0 Å². The van der Waals surface area contributed by atoms with Crippen molar-refractivity contribution in [2.75, 3.05) is 34.2 Å². The molecule has 7 heteroatoms. The van der Waals surface area contributed by atoms with Crippen molar-refractivity contribution < 1.29 is 14.0 Å². The number of halogens is 1. The highest BCUT2D eigenvalue weighted by atomic mass is 19.1. The number of rotatable bonds is 5. The third-order valence-corrected chi connectivity index (χ3v) is 4.84. The monoisotopic (exact) mass is 364 g/mol. The van der Waals surface area contributed by atoms with Crippen LogP contribution in [-0.2, 0) is 17.9 Å². The third kappa shape index (κ3) is 5.42. The van der Waals surface area contributed by atoms with E-state index in [2.05, 4.69) is 5.32 Å². The molecule has 1 aliphatic heterocycles. The van der Waals surface area contributed by atoms with Gasteiger partial charge in [-0.3, -0.25) is 4.79 Å². The molecule has 0 aromatic heterocycles. The zero-order chi connectivity index (χ0) is 19.3. The first-order valence-corrected chi connectivity index (χ1v) is 8.96. The van der Waals surface area contributed by atoms with E-state index in [1.807, 2.05) is 25.1 Å². The smallest absolute Gasteiger partial charge is 0.317 e. The van der Waals surface area contributed by atoms with Gasteiger partial charge in [0.15, 0.2) is 0 Å². The standard InChI is InChI=1S/C19H29FN4O2/c1-14(25)23(4)17-7-9-24(10-8-17)19(26)21-12-15-5-6-16(13-22(2)3)18(20)11-15/h5-6,11,17H,7-10,12-13H2,1-4H3,(H,21,26). The van der Waals surface area contributed by atoms with Gasteiger partial charge in [-0.25, -0.2) is 9.18 Å². The van der Waals surface area contributed by atoms with Crippen LogP contribution in [-0.4, -0.2) is 66.9 Å². The maximum atomic E-state index is 14.1. The predicted molar refractivity (Wildman–Crippen MR) is 99.1 cm³/mol. The Labute approximate surface area is 154 Å². The first-order chi connectivity index (χ1) is 12.3. The average molecular weight is 364 g/mol. The first kappa shape index (κ1) is 20.2. The summed E-state index contributed by atoms with van der Waals surface area (Å²) in [6, 6.07) is 5.13. The lowest BCUT2D eigenvalue weighted by atomic mass is 10.0. The van der Waals surface area contributed by atoms with Crippen LogP contribution in [0, 0.1) is 5.82 Å². The molecule has 1 aliphatic rings. The van der Waals surface area contributed by atoms with Gasteiger partial charge < -0.3 is 20.0 Å². The molecule has 144 valence electrons. The van der Waals surface area contributed by atoms with Crippen LogP contribution in [0.4, 0.5) is 9.18 Å². The van der Waals surface area contributed by atoms with Gasteiger partial charge in [-0.05, 0) is 38.6 Å². The van der Waals surface area contributed by atoms with Gasteiger partial charge in [-0.15, -0.1) is 0 Å². The van der Waals surface area contributed by atoms with Crippen LogP contribution in [0.3, 0.4) is 0 Å². The zero-order valence-electron chi connectivity index (χ0n) is 16.1. The molecule has 1 saturated heterocycles. The molecule has 1 N–H and O–H groups in total. The molecule has 0 saturated carbocycles. The zero-order valence-corrected chi connectivity index (χ0v) is 16.1. The van der Waals surface area contributed by atoms with E-state index in [1.165, 1.54) is 6.07 Å². The number of nitrogens with zero attached hydrogens (tertiary/aromatic N) is 3. The topological polar surface area (TPSA) is 55.9 Å². The summed E-state index contributed by atoms with van der Waals surface area (Å²) in [6.45, 7) is 3.63. The largest absolute Gasteiger partial charge is 0.343 e. The average Bonchev–Trinajstić information content (AvgIpc) is 2.60. The summed E-state index contributed by atoms with van der Waals surface area (Å²) in [5.41, 5.74) is 1.38. The van der Waals surface area contributed by atoms with E-state index in [-0.39, 0.29) is 23.8 Å². The summed E-state index contributed by atoms with van der Waals surface area (Å²) in [6.07, 6.45) is 1.55. The number of carbonyl (C=O) groups excluding carboxylic acids is 2. The van der Waals surface area contributed by atoms with Gasteiger partial charge in [0.25, 0.3) is 0 Å². The van der Waals surface area contributed by atoms with Crippen LogP contribution in [0.15, 0.2) is 18.2 Å². The van der Waals surface area contributed by atoms with Crippen LogP contribution in [0.5, 0.6) is 0 Å². The Morgan fingerprint density at radius 3 is 2.42 bits per heavy atom. The fraction of sp³-hybridized carbons (Fsp3) is 0.579. The number of piperidine rings is 1. The molecule has 0 bridgehead atoms. The van der Waals surface area contributed by atoms with Crippen molar-refractivity contribution in [1.82, 2.24) is 20.0 Å². The Hall–Kier alpha value is -2.15. The molecule has 6 nitrogen and oxygen atoms in total. The van der Waals surface area contributed by atoms with Gasteiger partial charge in [0.1, 0.15) is 5.82 Å². The molecule has 0 atom stereocenters. The van der Waals surface area contributed by atoms with Crippen molar-refractivity contribution in [3.8, 4) is 0 Å². The van der Waals surface area contributed by atoms with Crippen LogP contribution in [0.1, 0.15) is 30.9 Å². The number of nitrogens with one attached hydrogen (secondary N) is 1. The summed E-state index contributed by atoms with van der Waals surface area (Å²) in [7, 11) is 5.59. The van der Waals surface area contributed by atoms with Gasteiger partial charge in [-0.2, -0.15) is 0 Å². The van der Waals surface area contributed by atoms with E-state index < -0.39 is 0 Å². The normalized spacial score (nSPS) is 15.2. The van der Waals surface area contributed by atoms with Gasteiger partial charge >= 0.3 is 6.03 Å². The third-order valence-electron chi connectivity index (χ3n) is 4.84. The predicted octanol–water partition coefficient (Wildman–Crippen LogP) is 2.04. The molecule has 0 aliphatic carbocycles. The quantitative estimate of drug-likeness (QED) is 0.870. The fourth-order valence-electron chi connectivity index (χ4n) is 3.17. The van der Waals surface area contributed by atoms with E-state index in [0.29, 0.717) is 31.7 Å². The van der Waals surface area contributed by atoms with Gasteiger partial charge in [0.2, 0.25) is 5.91 Å². The van der Waals surface area contributed by atoms with Crippen molar-refractivity contribution in [3.63, 3.8) is 0 Å². The van der Waals surface area contributed by atoms with Crippen LogP contribution in [0.25, 0.3) is 0 Å². The maximum Gasteiger partial charge on any atom is 0.317 e. The Balaban J connectivity index is 1.82. The molecule has 0 radical (unpaired) electrons. The molecule has 3 amide bonds. The van der Waals surface area contributed by atoms with E-state index in [0.717, 1.165) is 18.4 Å². The van der Waals surface area contributed by atoms with Gasteiger partial charge in [-0.1, -0.05) is 12.1 Å². The van der Waals surface area contributed by atoms with E-state index in [4.69, 9.17) is 0 Å². The molecular formula is C19H29FN4O2. The van der Waals surface area contributed by atoms with Gasteiger partial charge in [0, 0.05) is 51.8 Å². The second-order valence-corrected chi connectivity index (χ2v) is 7.17. The molecule has 1 aromatic carbocycles. The molecule has 0 spiro atoms. The van der Waals surface area contributed by atoms with Crippen LogP contribution >= 0.6 is 0 Å². The second kappa shape index (κ2) is 8.98. The molecule has 1 heterocycles. The maximum absolute atomic E-state index is 14.1. The van der Waals surface area contributed by atoms with Crippen molar-refractivity contribution in [2.24, 2.45) is 0 Å². The number of likely N-dealkylation sites (tertiary alicyclic amines) is 1. The summed E-state index contributed by atoms with van der Waals surface area (Å²) in [4.78, 5) is 29.1. The van der Waals surface area contributed by atoms with Gasteiger partial charge in [0.05, 0.1) is 0 Å². The molecule has 1 aromatic rings. The molecular weight excluding hydrogens is 335 g/mol. The highest BCUT2D eigenvalue weighted by Gasteiger charge is 2.26.